The van der Waals surface area contributed by atoms with Gasteiger partial charge in [0.05, 0.1) is 12.5 Å². The van der Waals surface area contributed by atoms with E-state index in [1.807, 2.05) is 13.8 Å². The second-order valence-electron chi connectivity index (χ2n) is 4.53. The number of carboxylic acids is 1. The number of carbonyl (C=O) groups excluding carboxylic acids is 1. The van der Waals surface area contributed by atoms with Crippen LogP contribution >= 0.6 is 0 Å². The summed E-state index contributed by atoms with van der Waals surface area (Å²) in [4.78, 5) is 22.2. The fourth-order valence-electron chi connectivity index (χ4n) is 1.41. The number of nitrogens with one attached hydrogen (secondary N) is 1. The van der Waals surface area contributed by atoms with Crippen LogP contribution in [0.4, 0.5) is 5.69 Å². The minimum absolute atomic E-state index is 0.0280. The molecule has 5 heteroatoms. The van der Waals surface area contributed by atoms with Gasteiger partial charge in [0.25, 0.3) is 0 Å². The lowest BCUT2D eigenvalue weighted by atomic mass is 10.0. The van der Waals surface area contributed by atoms with Gasteiger partial charge in [-0.3, -0.25) is 9.59 Å². The number of anilines is 1. The van der Waals surface area contributed by atoms with Gasteiger partial charge in [-0.15, -0.1) is 0 Å². The van der Waals surface area contributed by atoms with Crippen LogP contribution in [0.15, 0.2) is 24.3 Å². The summed E-state index contributed by atoms with van der Waals surface area (Å²) in [5.74, 6) is -1.05. The topological polar surface area (TPSA) is 92.4 Å². The average molecular weight is 250 g/mol. The van der Waals surface area contributed by atoms with Crippen molar-refractivity contribution in [3.63, 3.8) is 0 Å². The molecule has 1 aromatic rings. The van der Waals surface area contributed by atoms with E-state index in [1.165, 1.54) is 0 Å². The van der Waals surface area contributed by atoms with E-state index in [0.29, 0.717) is 11.3 Å². The second-order valence-corrected chi connectivity index (χ2v) is 4.53. The van der Waals surface area contributed by atoms with Crippen LogP contribution in [0, 0.1) is 5.92 Å². The summed E-state index contributed by atoms with van der Waals surface area (Å²) >= 11 is 0. The number of carboxylic acid groups (broad SMARTS) is 1. The van der Waals surface area contributed by atoms with Gasteiger partial charge in [0.2, 0.25) is 5.91 Å². The Labute approximate surface area is 106 Å². The fourth-order valence-corrected chi connectivity index (χ4v) is 1.41. The Kier molecular flexibility index (Phi) is 4.85. The molecule has 1 rings (SSSR count). The van der Waals surface area contributed by atoms with Gasteiger partial charge in [0.15, 0.2) is 0 Å². The Hall–Kier alpha value is -1.88. The molecule has 5 nitrogen and oxygen atoms in total. The van der Waals surface area contributed by atoms with E-state index >= 15 is 0 Å². The highest BCUT2D eigenvalue weighted by atomic mass is 16.4. The molecule has 18 heavy (non-hydrogen) atoms. The second kappa shape index (κ2) is 6.16. The summed E-state index contributed by atoms with van der Waals surface area (Å²) in [6.07, 6.45) is -0.0280. The Balaban J connectivity index is 2.63. The van der Waals surface area contributed by atoms with Crippen LogP contribution in [0.3, 0.4) is 0 Å². The molecule has 1 amide bonds. The van der Waals surface area contributed by atoms with Gasteiger partial charge < -0.3 is 16.2 Å². The molecule has 0 bridgehead atoms. The molecular formula is C13H18N2O3. The maximum absolute atomic E-state index is 11.7. The monoisotopic (exact) mass is 250 g/mol. The van der Waals surface area contributed by atoms with Gasteiger partial charge in [0.1, 0.15) is 0 Å². The highest BCUT2D eigenvalue weighted by Crippen LogP contribution is 2.11. The number of benzene rings is 1. The smallest absolute Gasteiger partial charge is 0.307 e. The number of carbonyl (C=O) groups is 2. The number of hydrogen-bond acceptors (Lipinski definition) is 3. The van der Waals surface area contributed by atoms with E-state index in [4.69, 9.17) is 10.8 Å². The van der Waals surface area contributed by atoms with Gasteiger partial charge in [-0.2, -0.15) is 0 Å². The maximum Gasteiger partial charge on any atom is 0.307 e. The SMILES string of the molecule is CC(C)[C@@H](N)C(=O)Nc1ccc(CC(=O)O)cc1. The summed E-state index contributed by atoms with van der Waals surface area (Å²) in [5.41, 5.74) is 7.02. The molecule has 0 fully saturated rings. The van der Waals surface area contributed by atoms with E-state index in [9.17, 15) is 9.59 Å². The molecule has 4 N–H and O–H groups in total. The quantitative estimate of drug-likeness (QED) is 0.733. The maximum atomic E-state index is 11.7. The summed E-state index contributed by atoms with van der Waals surface area (Å²) < 4.78 is 0. The molecule has 0 heterocycles. The van der Waals surface area contributed by atoms with Crippen LogP contribution in [0.5, 0.6) is 0 Å². The van der Waals surface area contributed by atoms with Crippen molar-refractivity contribution in [2.75, 3.05) is 5.32 Å². The van der Waals surface area contributed by atoms with Crippen molar-refractivity contribution < 1.29 is 14.7 Å². The average Bonchev–Trinajstić information content (AvgIpc) is 2.29. The molecule has 0 saturated heterocycles. The minimum Gasteiger partial charge on any atom is -0.481 e. The molecule has 0 aromatic heterocycles. The van der Waals surface area contributed by atoms with Gasteiger partial charge >= 0.3 is 5.97 Å². The first-order chi connectivity index (χ1) is 8.40. The molecule has 0 aliphatic heterocycles. The van der Waals surface area contributed by atoms with Crippen molar-refractivity contribution in [2.45, 2.75) is 26.3 Å². The van der Waals surface area contributed by atoms with Crippen molar-refractivity contribution in [3.05, 3.63) is 29.8 Å². The zero-order chi connectivity index (χ0) is 13.7. The van der Waals surface area contributed by atoms with Crippen molar-refractivity contribution >= 4 is 17.6 Å². The van der Waals surface area contributed by atoms with Gasteiger partial charge in [-0.05, 0) is 23.6 Å². The van der Waals surface area contributed by atoms with Crippen LogP contribution < -0.4 is 11.1 Å². The Morgan fingerprint density at radius 3 is 2.28 bits per heavy atom. The summed E-state index contributed by atoms with van der Waals surface area (Å²) in [5, 5.41) is 11.3. The molecule has 1 aromatic carbocycles. The summed E-state index contributed by atoms with van der Waals surface area (Å²) in [6.45, 7) is 3.75. The number of nitrogens with two attached hydrogens (primary N) is 1. The standard InChI is InChI=1S/C13H18N2O3/c1-8(2)12(14)13(18)15-10-5-3-9(4-6-10)7-11(16)17/h3-6,8,12H,7,14H2,1-2H3,(H,15,18)(H,16,17)/t12-/m1/s1. The van der Waals surface area contributed by atoms with Crippen LogP contribution in [0.2, 0.25) is 0 Å². The normalized spacial score (nSPS) is 12.2. The third-order valence-corrected chi connectivity index (χ3v) is 2.60. The van der Waals surface area contributed by atoms with Crippen LogP contribution in [0.1, 0.15) is 19.4 Å². The lowest BCUT2D eigenvalue weighted by Gasteiger charge is -2.15. The van der Waals surface area contributed by atoms with Gasteiger partial charge in [-0.1, -0.05) is 26.0 Å². The molecule has 1 atom stereocenters. The third-order valence-electron chi connectivity index (χ3n) is 2.60. The molecule has 0 radical (unpaired) electrons. The first kappa shape index (κ1) is 14.2. The van der Waals surface area contributed by atoms with Crippen LogP contribution in [-0.2, 0) is 16.0 Å². The third kappa shape index (κ3) is 4.18. The number of hydrogen-bond donors (Lipinski definition) is 3. The number of aliphatic carboxylic acids is 1. The van der Waals surface area contributed by atoms with Crippen molar-refractivity contribution in [1.82, 2.24) is 0 Å². The van der Waals surface area contributed by atoms with Crippen LogP contribution in [-0.4, -0.2) is 23.0 Å². The van der Waals surface area contributed by atoms with Crippen molar-refractivity contribution in [2.24, 2.45) is 11.7 Å². The number of amides is 1. The molecule has 0 spiro atoms. The molecule has 98 valence electrons. The predicted octanol–water partition coefficient (Wildman–Crippen LogP) is 1.24. The van der Waals surface area contributed by atoms with E-state index in [-0.39, 0.29) is 18.2 Å². The fraction of sp³-hybridized carbons (Fsp3) is 0.385. The van der Waals surface area contributed by atoms with Crippen LogP contribution in [0.25, 0.3) is 0 Å². The molecular weight excluding hydrogens is 232 g/mol. The van der Waals surface area contributed by atoms with Gasteiger partial charge in [0, 0.05) is 5.69 Å². The van der Waals surface area contributed by atoms with E-state index in [0.717, 1.165) is 0 Å². The van der Waals surface area contributed by atoms with Crippen molar-refractivity contribution in [1.29, 1.82) is 0 Å². The summed E-state index contributed by atoms with van der Waals surface area (Å²) in [6, 6.07) is 6.13. The molecule has 0 aliphatic carbocycles. The lowest BCUT2D eigenvalue weighted by Crippen LogP contribution is -2.39. The largest absolute Gasteiger partial charge is 0.481 e. The first-order valence-corrected chi connectivity index (χ1v) is 5.77. The molecule has 0 unspecified atom stereocenters. The molecule has 0 saturated carbocycles. The van der Waals surface area contributed by atoms with E-state index in [1.54, 1.807) is 24.3 Å². The lowest BCUT2D eigenvalue weighted by molar-refractivity contribution is -0.136. The Morgan fingerprint density at radius 2 is 1.83 bits per heavy atom. The highest BCUT2D eigenvalue weighted by Gasteiger charge is 2.16. The van der Waals surface area contributed by atoms with E-state index in [2.05, 4.69) is 5.32 Å². The van der Waals surface area contributed by atoms with Gasteiger partial charge in [-0.25, -0.2) is 0 Å². The number of rotatable bonds is 5. The Bertz CT molecular complexity index is 426. The Morgan fingerprint density at radius 1 is 1.28 bits per heavy atom. The highest BCUT2D eigenvalue weighted by molar-refractivity contribution is 5.94. The first-order valence-electron chi connectivity index (χ1n) is 5.77. The zero-order valence-electron chi connectivity index (χ0n) is 10.5. The predicted molar refractivity (Wildman–Crippen MR) is 69.2 cm³/mol. The van der Waals surface area contributed by atoms with Crippen molar-refractivity contribution in [3.8, 4) is 0 Å². The zero-order valence-corrected chi connectivity index (χ0v) is 10.5. The minimum atomic E-state index is -0.881. The molecule has 0 aliphatic rings. The summed E-state index contributed by atoms with van der Waals surface area (Å²) in [7, 11) is 0. The van der Waals surface area contributed by atoms with E-state index < -0.39 is 12.0 Å².